The fourth-order valence-corrected chi connectivity index (χ4v) is 9.87. The van der Waals surface area contributed by atoms with Gasteiger partial charge in [-0.3, -0.25) is 0 Å². The van der Waals surface area contributed by atoms with E-state index >= 15 is 0 Å². The van der Waals surface area contributed by atoms with Crippen LogP contribution in [-0.2, 0) is 0 Å². The Morgan fingerprint density at radius 1 is 0.310 bits per heavy atom. The van der Waals surface area contributed by atoms with E-state index in [9.17, 15) is 0 Å². The van der Waals surface area contributed by atoms with Crippen molar-refractivity contribution in [3.8, 4) is 33.4 Å². The highest BCUT2D eigenvalue weighted by atomic mass is 32.1. The second-order valence-corrected chi connectivity index (χ2v) is 15.9. The Balaban J connectivity index is 0.959. The maximum absolute atomic E-state index is 6.86. The summed E-state index contributed by atoms with van der Waals surface area (Å²) in [5, 5.41) is 7.00. The minimum atomic E-state index is 0.898. The van der Waals surface area contributed by atoms with Gasteiger partial charge in [-0.25, -0.2) is 0 Å². The van der Waals surface area contributed by atoms with Gasteiger partial charge in [-0.15, -0.1) is 11.3 Å². The van der Waals surface area contributed by atoms with Gasteiger partial charge in [0.25, 0.3) is 0 Å². The first-order valence-corrected chi connectivity index (χ1v) is 20.4. The summed E-state index contributed by atoms with van der Waals surface area (Å²) in [6.45, 7) is 0. The molecule has 0 unspecified atom stereocenters. The van der Waals surface area contributed by atoms with Crippen LogP contribution in [0.25, 0.3) is 97.4 Å². The van der Waals surface area contributed by atoms with Crippen LogP contribution in [0.3, 0.4) is 0 Å². The van der Waals surface area contributed by atoms with Crippen LogP contribution >= 0.6 is 11.3 Å². The van der Waals surface area contributed by atoms with E-state index in [1.165, 1.54) is 31.3 Å². The molecular weight excluding hydrogens is 727 g/mol. The molecule has 3 aromatic heterocycles. The van der Waals surface area contributed by atoms with E-state index in [0.717, 1.165) is 83.2 Å². The SMILES string of the molecule is c1ccc(-c2ccc(N(c3ccc(-c4cccc5c4oc4c5ccc5sc6ccccc6c54)cc3)c3ccc(-c4cccc5oc6ccccc6c45)cc3)cc2)cc1. The molecule has 0 aliphatic carbocycles. The number of anilines is 3. The number of fused-ring (bicyclic) bond motifs is 10. The van der Waals surface area contributed by atoms with Crippen LogP contribution in [0, 0.1) is 0 Å². The van der Waals surface area contributed by atoms with Gasteiger partial charge in [0.1, 0.15) is 22.3 Å². The molecule has 4 heteroatoms. The summed E-state index contributed by atoms with van der Waals surface area (Å²) in [4.78, 5) is 2.33. The zero-order chi connectivity index (χ0) is 38.2. The van der Waals surface area contributed by atoms with E-state index in [-0.39, 0.29) is 0 Å². The monoisotopic (exact) mass is 759 g/mol. The zero-order valence-corrected chi connectivity index (χ0v) is 32.0. The van der Waals surface area contributed by atoms with E-state index in [2.05, 4.69) is 193 Å². The third-order valence-electron chi connectivity index (χ3n) is 11.5. The van der Waals surface area contributed by atoms with Crippen molar-refractivity contribution in [2.75, 3.05) is 4.90 Å². The Hall–Kier alpha value is -7.40. The number of para-hydroxylation sites is 2. The molecule has 0 aliphatic rings. The third kappa shape index (κ3) is 5.19. The van der Waals surface area contributed by atoms with E-state index in [4.69, 9.17) is 8.83 Å². The smallest absolute Gasteiger partial charge is 0.144 e. The number of rotatable bonds is 6. The summed E-state index contributed by atoms with van der Waals surface area (Å²) in [5.41, 5.74) is 13.8. The third-order valence-corrected chi connectivity index (χ3v) is 12.6. The first-order chi connectivity index (χ1) is 28.7. The van der Waals surface area contributed by atoms with Gasteiger partial charge in [-0.1, -0.05) is 133 Å². The Morgan fingerprint density at radius 3 is 1.62 bits per heavy atom. The van der Waals surface area contributed by atoms with E-state index in [1.807, 2.05) is 23.5 Å². The van der Waals surface area contributed by atoms with Crippen LogP contribution in [0.1, 0.15) is 0 Å². The molecular formula is C54H33NO2S. The van der Waals surface area contributed by atoms with Gasteiger partial charge < -0.3 is 13.7 Å². The molecule has 0 fully saturated rings. The van der Waals surface area contributed by atoms with E-state index in [0.29, 0.717) is 0 Å². The molecule has 12 aromatic rings. The normalized spacial score (nSPS) is 11.8. The predicted octanol–water partition coefficient (Wildman–Crippen LogP) is 16.3. The summed E-state index contributed by atoms with van der Waals surface area (Å²) >= 11 is 1.82. The van der Waals surface area contributed by atoms with Crippen LogP contribution in [0.4, 0.5) is 17.1 Å². The number of thiophene rings is 1. The number of nitrogens with zero attached hydrogens (tertiary/aromatic N) is 1. The molecule has 0 aliphatic heterocycles. The minimum absolute atomic E-state index is 0.898. The highest BCUT2D eigenvalue weighted by molar-refractivity contribution is 7.26. The van der Waals surface area contributed by atoms with Crippen molar-refractivity contribution in [1.82, 2.24) is 0 Å². The number of hydrogen-bond acceptors (Lipinski definition) is 4. The largest absolute Gasteiger partial charge is 0.456 e. The lowest BCUT2D eigenvalue weighted by Gasteiger charge is -2.26. The van der Waals surface area contributed by atoms with Crippen molar-refractivity contribution < 1.29 is 8.83 Å². The molecule has 0 bridgehead atoms. The average Bonchev–Trinajstić information content (AvgIpc) is 3.99. The van der Waals surface area contributed by atoms with Gasteiger partial charge in [-0.05, 0) is 94.5 Å². The number of benzene rings is 9. The Labute approximate surface area is 338 Å². The van der Waals surface area contributed by atoms with Gasteiger partial charge >= 0.3 is 0 Å². The van der Waals surface area contributed by atoms with Gasteiger partial charge in [-0.2, -0.15) is 0 Å². The topological polar surface area (TPSA) is 29.5 Å². The number of hydrogen-bond donors (Lipinski definition) is 0. The maximum Gasteiger partial charge on any atom is 0.144 e. The molecule has 0 saturated heterocycles. The van der Waals surface area contributed by atoms with Gasteiger partial charge in [0.05, 0.1) is 0 Å². The first kappa shape index (κ1) is 32.8. The van der Waals surface area contributed by atoms with Crippen molar-refractivity contribution in [3.05, 3.63) is 200 Å². The Morgan fingerprint density at radius 2 is 0.862 bits per heavy atom. The summed E-state index contributed by atoms with van der Waals surface area (Å²) < 4.78 is 15.6. The van der Waals surface area contributed by atoms with Crippen molar-refractivity contribution >= 4 is 92.4 Å². The second kappa shape index (κ2) is 13.1. The molecule has 0 amide bonds. The summed E-state index contributed by atoms with van der Waals surface area (Å²) in [6, 6.07) is 71.3. The lowest BCUT2D eigenvalue weighted by molar-refractivity contribution is 0.669. The molecule has 12 rings (SSSR count). The lowest BCUT2D eigenvalue weighted by Crippen LogP contribution is -2.09. The van der Waals surface area contributed by atoms with Crippen LogP contribution in [0.5, 0.6) is 0 Å². The van der Waals surface area contributed by atoms with Crippen LogP contribution < -0.4 is 4.90 Å². The van der Waals surface area contributed by atoms with Gasteiger partial charge in [0.15, 0.2) is 0 Å². The van der Waals surface area contributed by atoms with Gasteiger partial charge in [0, 0.05) is 64.3 Å². The van der Waals surface area contributed by atoms with Crippen LogP contribution in [0.15, 0.2) is 209 Å². The summed E-state index contributed by atoms with van der Waals surface area (Å²) in [5.74, 6) is 0. The van der Waals surface area contributed by atoms with E-state index < -0.39 is 0 Å². The molecule has 0 saturated carbocycles. The fourth-order valence-electron chi connectivity index (χ4n) is 8.77. The molecule has 58 heavy (non-hydrogen) atoms. The van der Waals surface area contributed by atoms with Crippen LogP contribution in [0.2, 0.25) is 0 Å². The fraction of sp³-hybridized carbons (Fsp3) is 0. The molecule has 0 spiro atoms. The molecule has 0 atom stereocenters. The highest BCUT2D eigenvalue weighted by Crippen LogP contribution is 2.45. The molecule has 272 valence electrons. The zero-order valence-electron chi connectivity index (χ0n) is 31.2. The number of furan rings is 2. The molecule has 0 N–H and O–H groups in total. The predicted molar refractivity (Wildman–Crippen MR) is 245 cm³/mol. The Bertz CT molecular complexity index is 3480. The first-order valence-electron chi connectivity index (χ1n) is 19.6. The van der Waals surface area contributed by atoms with Crippen molar-refractivity contribution in [1.29, 1.82) is 0 Å². The van der Waals surface area contributed by atoms with Crippen molar-refractivity contribution in [2.24, 2.45) is 0 Å². The molecule has 3 nitrogen and oxygen atoms in total. The van der Waals surface area contributed by atoms with Crippen LogP contribution in [-0.4, -0.2) is 0 Å². The second-order valence-electron chi connectivity index (χ2n) is 14.8. The van der Waals surface area contributed by atoms with E-state index in [1.54, 1.807) is 0 Å². The Kier molecular flexibility index (Phi) is 7.40. The lowest BCUT2D eigenvalue weighted by atomic mass is 9.98. The summed E-state index contributed by atoms with van der Waals surface area (Å²) in [7, 11) is 0. The van der Waals surface area contributed by atoms with Crippen molar-refractivity contribution in [2.45, 2.75) is 0 Å². The van der Waals surface area contributed by atoms with Crippen molar-refractivity contribution in [3.63, 3.8) is 0 Å². The maximum atomic E-state index is 6.86. The quantitative estimate of drug-likeness (QED) is 0.169. The highest BCUT2D eigenvalue weighted by Gasteiger charge is 2.19. The molecule has 9 aromatic carbocycles. The van der Waals surface area contributed by atoms with Gasteiger partial charge in [0.2, 0.25) is 0 Å². The minimum Gasteiger partial charge on any atom is -0.456 e. The average molecular weight is 760 g/mol. The molecule has 0 radical (unpaired) electrons. The standard InChI is InChI=1S/C54H33NO2S/c1-2-10-34(11-3-1)35-20-26-38(27-21-35)55(39-28-22-36(23-29-39)41-14-9-18-48-51(41)45-12-4-6-17-47(45)56-48)40-30-24-37(25-31-40)42-15-8-16-43-44-32-33-50-52(54(44)57-53(42)43)46-13-5-7-19-49(46)58-50/h1-33H. The molecule has 3 heterocycles. The summed E-state index contributed by atoms with van der Waals surface area (Å²) in [6.07, 6.45) is 0.